The summed E-state index contributed by atoms with van der Waals surface area (Å²) in [6.07, 6.45) is 0. The van der Waals surface area contributed by atoms with Gasteiger partial charge in [-0.15, -0.1) is 0 Å². The molecule has 1 amide bonds. The summed E-state index contributed by atoms with van der Waals surface area (Å²) in [7, 11) is 0. The zero-order valence-corrected chi connectivity index (χ0v) is 10.9. The van der Waals surface area contributed by atoms with Crippen LogP contribution in [0.25, 0.3) is 0 Å². The molecule has 0 spiro atoms. The van der Waals surface area contributed by atoms with Crippen LogP contribution in [-0.4, -0.2) is 22.5 Å². The number of aromatic nitrogens is 1. The highest BCUT2D eigenvalue weighted by molar-refractivity contribution is 6.04. The molecule has 0 radical (unpaired) electrons. The van der Waals surface area contributed by atoms with Crippen molar-refractivity contribution in [3.63, 3.8) is 0 Å². The van der Waals surface area contributed by atoms with Crippen molar-refractivity contribution in [3.8, 4) is 17.6 Å². The zero-order chi connectivity index (χ0) is 15.2. The number of anilines is 1. The van der Waals surface area contributed by atoms with Crippen molar-refractivity contribution in [2.75, 3.05) is 11.9 Å². The maximum atomic E-state index is 13.6. The highest BCUT2D eigenvalue weighted by Crippen LogP contribution is 2.16. The number of aromatic hydroxyl groups is 1. The Morgan fingerprint density at radius 3 is 2.90 bits per heavy atom. The number of halogens is 1. The molecule has 0 aliphatic heterocycles. The van der Waals surface area contributed by atoms with E-state index >= 15 is 0 Å². The fourth-order valence-corrected chi connectivity index (χ4v) is 1.59. The van der Waals surface area contributed by atoms with E-state index in [1.165, 1.54) is 12.1 Å². The van der Waals surface area contributed by atoms with E-state index in [-0.39, 0.29) is 23.7 Å². The summed E-state index contributed by atoms with van der Waals surface area (Å²) >= 11 is 0. The van der Waals surface area contributed by atoms with Gasteiger partial charge in [-0.1, -0.05) is 12.0 Å². The van der Waals surface area contributed by atoms with Crippen molar-refractivity contribution >= 4 is 11.7 Å². The molecular formula is C15H12FN3O2. The van der Waals surface area contributed by atoms with E-state index in [1.807, 2.05) is 0 Å². The smallest absolute Gasteiger partial charge is 0.259 e. The molecule has 0 bridgehead atoms. The summed E-state index contributed by atoms with van der Waals surface area (Å²) in [5.74, 6) is 3.90. The van der Waals surface area contributed by atoms with Crippen LogP contribution >= 0.6 is 0 Å². The number of carbonyl (C=O) groups is 1. The maximum absolute atomic E-state index is 13.6. The highest BCUT2D eigenvalue weighted by Gasteiger charge is 2.13. The van der Waals surface area contributed by atoms with Crippen LogP contribution in [0.4, 0.5) is 10.2 Å². The Kier molecular flexibility index (Phi) is 4.49. The number of pyridine rings is 1. The Balaban J connectivity index is 2.19. The highest BCUT2D eigenvalue weighted by atomic mass is 19.1. The Bertz CT molecular complexity index is 735. The molecule has 0 saturated carbocycles. The van der Waals surface area contributed by atoms with Crippen LogP contribution in [0.5, 0.6) is 5.75 Å². The second-order valence-electron chi connectivity index (χ2n) is 4.03. The molecular weight excluding hydrogens is 273 g/mol. The maximum Gasteiger partial charge on any atom is 0.259 e. The number of phenolic OH excluding ortho intramolecular Hbond substituents is 1. The Morgan fingerprint density at radius 1 is 1.38 bits per heavy atom. The van der Waals surface area contributed by atoms with Gasteiger partial charge in [0, 0.05) is 6.07 Å². The zero-order valence-electron chi connectivity index (χ0n) is 10.9. The van der Waals surface area contributed by atoms with Gasteiger partial charge >= 0.3 is 0 Å². The van der Waals surface area contributed by atoms with Gasteiger partial charge in [-0.3, -0.25) is 4.79 Å². The van der Waals surface area contributed by atoms with E-state index in [2.05, 4.69) is 22.1 Å². The molecule has 0 unspecified atom stereocenters. The Morgan fingerprint density at radius 2 is 2.19 bits per heavy atom. The topological polar surface area (TPSA) is 88.2 Å². The summed E-state index contributed by atoms with van der Waals surface area (Å²) in [6.45, 7) is 0.205. The minimum Gasteiger partial charge on any atom is -0.508 e. The molecule has 5 nitrogen and oxygen atoms in total. The lowest BCUT2D eigenvalue weighted by molar-refractivity contribution is 0.102. The van der Waals surface area contributed by atoms with E-state index < -0.39 is 11.7 Å². The summed E-state index contributed by atoms with van der Waals surface area (Å²) in [5, 5.41) is 11.6. The number of phenols is 1. The fourth-order valence-electron chi connectivity index (χ4n) is 1.59. The molecule has 6 heteroatoms. The van der Waals surface area contributed by atoms with Gasteiger partial charge in [0.05, 0.1) is 12.1 Å². The number of nitrogens with two attached hydrogens (primary N) is 1. The third-order valence-electron chi connectivity index (χ3n) is 2.51. The van der Waals surface area contributed by atoms with Crippen molar-refractivity contribution in [2.24, 2.45) is 5.73 Å². The first-order valence-corrected chi connectivity index (χ1v) is 6.06. The van der Waals surface area contributed by atoms with Crippen molar-refractivity contribution < 1.29 is 14.3 Å². The van der Waals surface area contributed by atoms with Gasteiger partial charge in [-0.2, -0.15) is 0 Å². The van der Waals surface area contributed by atoms with Crippen LogP contribution in [0.2, 0.25) is 0 Å². The molecule has 1 aromatic heterocycles. The van der Waals surface area contributed by atoms with Crippen LogP contribution in [0.1, 0.15) is 16.1 Å². The molecule has 0 atom stereocenters. The molecule has 4 N–H and O–H groups in total. The Hall–Kier alpha value is -2.91. The molecule has 1 heterocycles. The van der Waals surface area contributed by atoms with Gasteiger partial charge < -0.3 is 16.2 Å². The number of carbonyl (C=O) groups excluding carboxylic acids is 1. The van der Waals surface area contributed by atoms with E-state index in [0.717, 1.165) is 6.07 Å². The lowest BCUT2D eigenvalue weighted by Crippen LogP contribution is -2.14. The molecule has 1 aromatic carbocycles. The number of hydrogen-bond donors (Lipinski definition) is 3. The first-order chi connectivity index (χ1) is 10.1. The van der Waals surface area contributed by atoms with Gasteiger partial charge in [0.2, 0.25) is 0 Å². The van der Waals surface area contributed by atoms with Crippen LogP contribution in [-0.2, 0) is 0 Å². The lowest BCUT2D eigenvalue weighted by Gasteiger charge is -2.06. The third kappa shape index (κ3) is 3.78. The summed E-state index contributed by atoms with van der Waals surface area (Å²) in [4.78, 5) is 16.0. The van der Waals surface area contributed by atoms with Crippen molar-refractivity contribution in [2.45, 2.75) is 0 Å². The number of benzene rings is 1. The van der Waals surface area contributed by atoms with Gasteiger partial charge in [0.25, 0.3) is 5.91 Å². The predicted octanol–water partition coefficient (Wildman–Crippen LogP) is 1.49. The average molecular weight is 285 g/mol. The van der Waals surface area contributed by atoms with E-state index in [0.29, 0.717) is 5.69 Å². The lowest BCUT2D eigenvalue weighted by atomic mass is 10.2. The number of hydrogen-bond acceptors (Lipinski definition) is 4. The molecule has 2 aromatic rings. The molecule has 0 saturated heterocycles. The largest absolute Gasteiger partial charge is 0.508 e. The minimum atomic E-state index is -0.813. The molecule has 21 heavy (non-hydrogen) atoms. The van der Waals surface area contributed by atoms with Gasteiger partial charge in [-0.05, 0) is 30.2 Å². The van der Waals surface area contributed by atoms with Gasteiger partial charge in [0.1, 0.15) is 23.1 Å². The van der Waals surface area contributed by atoms with Gasteiger partial charge in [-0.25, -0.2) is 9.37 Å². The number of nitrogens with zero attached hydrogens (tertiary/aromatic N) is 1. The number of amides is 1. The normalized spacial score (nSPS) is 9.62. The van der Waals surface area contributed by atoms with Crippen LogP contribution in [0.3, 0.4) is 0 Å². The quantitative estimate of drug-likeness (QED) is 0.729. The second-order valence-corrected chi connectivity index (χ2v) is 4.03. The molecule has 0 fully saturated rings. The van der Waals surface area contributed by atoms with Crippen molar-refractivity contribution in [3.05, 3.63) is 53.5 Å². The minimum absolute atomic E-state index is 0.187. The molecule has 2 rings (SSSR count). The molecule has 0 aliphatic carbocycles. The Labute approximate surface area is 120 Å². The predicted molar refractivity (Wildman–Crippen MR) is 76.2 cm³/mol. The molecule has 106 valence electrons. The first-order valence-electron chi connectivity index (χ1n) is 6.06. The van der Waals surface area contributed by atoms with E-state index in [1.54, 1.807) is 18.2 Å². The van der Waals surface area contributed by atoms with E-state index in [9.17, 15) is 9.18 Å². The van der Waals surface area contributed by atoms with Crippen LogP contribution in [0.15, 0.2) is 36.4 Å². The first kappa shape index (κ1) is 14.5. The summed E-state index contributed by atoms with van der Waals surface area (Å²) < 4.78 is 13.6. The summed E-state index contributed by atoms with van der Waals surface area (Å²) in [6, 6.07) is 8.18. The molecule has 0 aliphatic rings. The third-order valence-corrected chi connectivity index (χ3v) is 2.51. The SMILES string of the molecule is NCC#Cc1cccc(NC(=O)c2ccc(O)cc2F)n1. The van der Waals surface area contributed by atoms with Gasteiger partial charge in [0.15, 0.2) is 0 Å². The summed E-state index contributed by atoms with van der Waals surface area (Å²) in [5.41, 5.74) is 5.53. The monoisotopic (exact) mass is 285 g/mol. The standard InChI is InChI=1S/C15H12FN3O2/c16-13-9-11(20)6-7-12(13)15(21)19-14-5-1-3-10(18-14)4-2-8-17/h1,3,5-7,9,20H,8,17H2,(H,18,19,21). The van der Waals surface area contributed by atoms with Crippen molar-refractivity contribution in [1.82, 2.24) is 4.98 Å². The average Bonchev–Trinajstić information content (AvgIpc) is 2.45. The fraction of sp³-hybridized carbons (Fsp3) is 0.0667. The van der Waals surface area contributed by atoms with E-state index in [4.69, 9.17) is 10.8 Å². The second kappa shape index (κ2) is 6.50. The van der Waals surface area contributed by atoms with Crippen LogP contribution < -0.4 is 11.1 Å². The van der Waals surface area contributed by atoms with Crippen molar-refractivity contribution in [1.29, 1.82) is 0 Å². The number of rotatable bonds is 2. The number of nitrogens with one attached hydrogen (secondary N) is 1. The van der Waals surface area contributed by atoms with Crippen LogP contribution in [0, 0.1) is 17.7 Å².